The summed E-state index contributed by atoms with van der Waals surface area (Å²) in [6, 6.07) is 25.1. The van der Waals surface area contributed by atoms with Crippen molar-refractivity contribution < 1.29 is 4.39 Å². The highest BCUT2D eigenvalue weighted by Gasteiger charge is 2.34. The zero-order valence-corrected chi connectivity index (χ0v) is 19.0. The van der Waals surface area contributed by atoms with Crippen LogP contribution in [-0.4, -0.2) is 39.7 Å². The first-order valence-electron chi connectivity index (χ1n) is 11.4. The van der Waals surface area contributed by atoms with Gasteiger partial charge in [0.25, 0.3) is 0 Å². The van der Waals surface area contributed by atoms with E-state index in [0.29, 0.717) is 5.02 Å². The second-order valence-corrected chi connectivity index (χ2v) is 9.07. The lowest BCUT2D eigenvalue weighted by atomic mass is 9.80. The number of hydrogen-bond donors (Lipinski definition) is 1. The molecule has 0 radical (unpaired) electrons. The number of piperidine rings is 1. The molecular weight excluding hydrogens is 435 g/mol. The lowest BCUT2D eigenvalue weighted by Crippen LogP contribution is -2.39. The minimum absolute atomic E-state index is 0.167. The summed E-state index contributed by atoms with van der Waals surface area (Å²) in [6.45, 7) is 2.88. The van der Waals surface area contributed by atoms with E-state index in [0.717, 1.165) is 55.3 Å². The molecule has 33 heavy (non-hydrogen) atoms. The van der Waals surface area contributed by atoms with Gasteiger partial charge in [-0.1, -0.05) is 54.1 Å². The summed E-state index contributed by atoms with van der Waals surface area (Å²) in [7, 11) is 0. The smallest absolute Gasteiger partial charge is 0.155 e. The van der Waals surface area contributed by atoms with E-state index in [-0.39, 0.29) is 17.7 Å². The summed E-state index contributed by atoms with van der Waals surface area (Å²) >= 11 is 6.02. The predicted molar refractivity (Wildman–Crippen MR) is 130 cm³/mol. The first kappa shape index (κ1) is 21.8. The van der Waals surface area contributed by atoms with E-state index in [1.165, 1.54) is 5.56 Å². The molecule has 5 rings (SSSR count). The number of benzene rings is 3. The molecule has 168 valence electrons. The minimum Gasteiger partial charge on any atom is -0.302 e. The van der Waals surface area contributed by atoms with Crippen LogP contribution in [0.1, 0.15) is 35.2 Å². The summed E-state index contributed by atoms with van der Waals surface area (Å²) in [6.07, 6.45) is 1.97. The second-order valence-electron chi connectivity index (χ2n) is 8.64. The van der Waals surface area contributed by atoms with Crippen LogP contribution in [0.3, 0.4) is 0 Å². The van der Waals surface area contributed by atoms with Crippen molar-refractivity contribution in [2.24, 2.45) is 0 Å². The Bertz CT molecular complexity index is 1170. The van der Waals surface area contributed by atoms with Gasteiger partial charge < -0.3 is 4.90 Å². The van der Waals surface area contributed by atoms with Crippen LogP contribution in [0.25, 0.3) is 11.4 Å². The molecule has 4 nitrogen and oxygen atoms in total. The SMILES string of the molecule is Fc1ccc(C2CN(CCc3ccccc3)CCC2c2n[nH]c(-c3ccc(Cl)cc3)n2)cc1. The molecule has 6 heteroatoms. The Morgan fingerprint density at radius 1 is 0.939 bits per heavy atom. The third kappa shape index (κ3) is 5.15. The highest BCUT2D eigenvalue weighted by atomic mass is 35.5. The van der Waals surface area contributed by atoms with Gasteiger partial charge in [-0.25, -0.2) is 9.37 Å². The molecular formula is C27H26ClFN4. The molecule has 3 aromatic carbocycles. The van der Waals surface area contributed by atoms with Crippen LogP contribution in [0.15, 0.2) is 78.9 Å². The molecule has 0 spiro atoms. The molecule has 1 saturated heterocycles. The fraction of sp³-hybridized carbons (Fsp3) is 0.259. The molecule has 2 heterocycles. The Morgan fingerprint density at radius 2 is 1.70 bits per heavy atom. The first-order chi connectivity index (χ1) is 16.2. The monoisotopic (exact) mass is 460 g/mol. The topological polar surface area (TPSA) is 44.8 Å². The maximum atomic E-state index is 13.6. The van der Waals surface area contributed by atoms with Crippen molar-refractivity contribution >= 4 is 11.6 Å². The average molecular weight is 461 g/mol. The Hall–Kier alpha value is -3.02. The van der Waals surface area contributed by atoms with Crippen LogP contribution in [0.2, 0.25) is 5.02 Å². The number of aromatic amines is 1. The van der Waals surface area contributed by atoms with Gasteiger partial charge in [0.05, 0.1) is 0 Å². The van der Waals surface area contributed by atoms with E-state index in [2.05, 4.69) is 45.4 Å². The maximum absolute atomic E-state index is 13.6. The van der Waals surface area contributed by atoms with Crippen LogP contribution in [-0.2, 0) is 6.42 Å². The number of rotatable bonds is 6. The van der Waals surface area contributed by atoms with Crippen molar-refractivity contribution in [3.8, 4) is 11.4 Å². The summed E-state index contributed by atoms with van der Waals surface area (Å²) in [5.74, 6) is 1.71. The molecule has 2 atom stereocenters. The molecule has 0 saturated carbocycles. The quantitative estimate of drug-likeness (QED) is 0.379. The van der Waals surface area contributed by atoms with Gasteiger partial charge in [-0.15, -0.1) is 0 Å². The average Bonchev–Trinajstić information content (AvgIpc) is 3.34. The van der Waals surface area contributed by atoms with Gasteiger partial charge >= 0.3 is 0 Å². The highest BCUT2D eigenvalue weighted by Crippen LogP contribution is 2.39. The van der Waals surface area contributed by atoms with E-state index in [1.54, 1.807) is 12.1 Å². The Morgan fingerprint density at radius 3 is 2.45 bits per heavy atom. The summed E-state index contributed by atoms with van der Waals surface area (Å²) in [5.41, 5.74) is 3.43. The number of likely N-dealkylation sites (tertiary alicyclic amines) is 1. The molecule has 2 unspecified atom stereocenters. The van der Waals surface area contributed by atoms with E-state index in [9.17, 15) is 4.39 Å². The van der Waals surface area contributed by atoms with Gasteiger partial charge in [-0.2, -0.15) is 5.10 Å². The number of aromatic nitrogens is 3. The third-order valence-corrected chi connectivity index (χ3v) is 6.76. The second kappa shape index (κ2) is 9.86. The Balaban J connectivity index is 1.37. The lowest BCUT2D eigenvalue weighted by molar-refractivity contribution is 0.188. The maximum Gasteiger partial charge on any atom is 0.155 e. The van der Waals surface area contributed by atoms with E-state index in [1.807, 2.05) is 36.4 Å². The Kier molecular flexibility index (Phi) is 6.51. The molecule has 1 aliphatic rings. The van der Waals surface area contributed by atoms with Gasteiger partial charge in [0, 0.05) is 35.5 Å². The molecule has 0 amide bonds. The van der Waals surface area contributed by atoms with Gasteiger partial charge in [-0.3, -0.25) is 5.10 Å². The van der Waals surface area contributed by atoms with Crippen molar-refractivity contribution in [3.05, 3.63) is 107 Å². The van der Waals surface area contributed by atoms with Crippen LogP contribution in [0.4, 0.5) is 4.39 Å². The molecule has 1 fully saturated rings. The Labute approximate surface area is 198 Å². The van der Waals surface area contributed by atoms with Crippen LogP contribution >= 0.6 is 11.6 Å². The number of nitrogens with one attached hydrogen (secondary N) is 1. The molecule has 1 N–H and O–H groups in total. The molecule has 0 bridgehead atoms. The van der Waals surface area contributed by atoms with Crippen molar-refractivity contribution in [3.63, 3.8) is 0 Å². The molecule has 1 aliphatic heterocycles. The number of hydrogen-bond acceptors (Lipinski definition) is 3. The summed E-state index contributed by atoms with van der Waals surface area (Å²) in [5, 5.41) is 8.38. The number of halogens is 2. The van der Waals surface area contributed by atoms with Crippen molar-refractivity contribution in [2.45, 2.75) is 24.7 Å². The van der Waals surface area contributed by atoms with E-state index >= 15 is 0 Å². The summed E-state index contributed by atoms with van der Waals surface area (Å²) < 4.78 is 13.6. The third-order valence-electron chi connectivity index (χ3n) is 6.51. The van der Waals surface area contributed by atoms with Crippen LogP contribution in [0.5, 0.6) is 0 Å². The number of H-pyrrole nitrogens is 1. The van der Waals surface area contributed by atoms with Crippen molar-refractivity contribution in [2.75, 3.05) is 19.6 Å². The minimum atomic E-state index is -0.213. The van der Waals surface area contributed by atoms with E-state index < -0.39 is 0 Å². The first-order valence-corrected chi connectivity index (χ1v) is 11.7. The van der Waals surface area contributed by atoms with Gasteiger partial charge in [-0.05, 0) is 66.9 Å². The van der Waals surface area contributed by atoms with Crippen molar-refractivity contribution in [1.82, 2.24) is 20.1 Å². The fourth-order valence-corrected chi connectivity index (χ4v) is 4.81. The van der Waals surface area contributed by atoms with E-state index in [4.69, 9.17) is 16.6 Å². The lowest BCUT2D eigenvalue weighted by Gasteiger charge is -2.38. The van der Waals surface area contributed by atoms with Gasteiger partial charge in [0.2, 0.25) is 0 Å². The van der Waals surface area contributed by atoms with Gasteiger partial charge in [0.1, 0.15) is 5.82 Å². The highest BCUT2D eigenvalue weighted by molar-refractivity contribution is 6.30. The predicted octanol–water partition coefficient (Wildman–Crippen LogP) is 6.08. The zero-order valence-electron chi connectivity index (χ0n) is 18.3. The molecule has 1 aromatic heterocycles. The van der Waals surface area contributed by atoms with Crippen LogP contribution < -0.4 is 0 Å². The van der Waals surface area contributed by atoms with Crippen LogP contribution in [0, 0.1) is 5.82 Å². The standard InChI is InChI=1S/C27H26ClFN4/c28-22-10-6-21(7-11-22)26-30-27(32-31-26)24-15-17-33(16-14-19-4-2-1-3-5-19)18-25(24)20-8-12-23(29)13-9-20/h1-13,24-25H,14-18H2,(H,30,31,32). The van der Waals surface area contributed by atoms with Gasteiger partial charge in [0.15, 0.2) is 11.6 Å². The molecule has 0 aliphatic carbocycles. The largest absolute Gasteiger partial charge is 0.302 e. The normalized spacial score (nSPS) is 19.0. The molecule has 4 aromatic rings. The summed E-state index contributed by atoms with van der Waals surface area (Å²) in [4.78, 5) is 7.35. The van der Waals surface area contributed by atoms with Crippen molar-refractivity contribution in [1.29, 1.82) is 0 Å². The number of nitrogens with zero attached hydrogens (tertiary/aromatic N) is 3. The zero-order chi connectivity index (χ0) is 22.6. The fourth-order valence-electron chi connectivity index (χ4n) is 4.69.